The lowest BCUT2D eigenvalue weighted by Gasteiger charge is -2.07. The van der Waals surface area contributed by atoms with E-state index in [2.05, 4.69) is 10.6 Å². The van der Waals surface area contributed by atoms with Crippen molar-refractivity contribution >= 4 is 17.9 Å². The van der Waals surface area contributed by atoms with E-state index >= 15 is 0 Å². The van der Waals surface area contributed by atoms with Gasteiger partial charge < -0.3 is 19.2 Å². The topological polar surface area (TPSA) is 107 Å². The highest BCUT2D eigenvalue weighted by molar-refractivity contribution is 5.95. The Hall–Kier alpha value is -3.29. The van der Waals surface area contributed by atoms with Gasteiger partial charge in [-0.2, -0.15) is 0 Å². The van der Waals surface area contributed by atoms with Gasteiger partial charge in [-0.3, -0.25) is 14.9 Å². The minimum Gasteiger partial charge on any atom is -0.497 e. The molecule has 0 unspecified atom stereocenters. The van der Waals surface area contributed by atoms with Gasteiger partial charge in [-0.1, -0.05) is 12.1 Å². The van der Waals surface area contributed by atoms with Gasteiger partial charge in [0.05, 0.1) is 26.3 Å². The Bertz CT molecular complexity index is 726. The molecule has 0 saturated carbocycles. The molecule has 2 aromatic rings. The molecule has 25 heavy (non-hydrogen) atoms. The van der Waals surface area contributed by atoms with E-state index in [0.717, 1.165) is 0 Å². The summed E-state index contributed by atoms with van der Waals surface area (Å²) >= 11 is 0. The van der Waals surface area contributed by atoms with Gasteiger partial charge in [0, 0.05) is 0 Å². The van der Waals surface area contributed by atoms with Crippen molar-refractivity contribution in [3.05, 3.63) is 54.0 Å². The normalized spacial score (nSPS) is 9.96. The molecular formula is C17H18N2O6. The van der Waals surface area contributed by atoms with Crippen LogP contribution in [-0.4, -0.2) is 31.6 Å². The van der Waals surface area contributed by atoms with Gasteiger partial charge in [0.15, 0.2) is 6.61 Å². The average molecular weight is 346 g/mol. The van der Waals surface area contributed by atoms with Gasteiger partial charge in [0.25, 0.3) is 5.91 Å². The van der Waals surface area contributed by atoms with Crippen molar-refractivity contribution in [1.82, 2.24) is 10.6 Å². The summed E-state index contributed by atoms with van der Waals surface area (Å²) in [6, 6.07) is 9.60. The Balaban J connectivity index is 1.68. The molecule has 0 bridgehead atoms. The Kier molecular flexibility index (Phi) is 6.58. The number of methoxy groups -OCH3 is 1. The first-order chi connectivity index (χ1) is 12.1. The third-order valence-corrected chi connectivity index (χ3v) is 3.10. The second-order valence-electron chi connectivity index (χ2n) is 5.00. The van der Waals surface area contributed by atoms with Crippen LogP contribution in [0.3, 0.4) is 0 Å². The van der Waals surface area contributed by atoms with Gasteiger partial charge in [0.1, 0.15) is 11.5 Å². The molecular weight excluding hydrogens is 328 g/mol. The van der Waals surface area contributed by atoms with E-state index in [4.69, 9.17) is 13.9 Å². The summed E-state index contributed by atoms with van der Waals surface area (Å²) in [4.78, 5) is 34.8. The number of benzene rings is 1. The van der Waals surface area contributed by atoms with Crippen LogP contribution >= 0.6 is 0 Å². The van der Waals surface area contributed by atoms with Gasteiger partial charge >= 0.3 is 12.0 Å². The Morgan fingerprint density at radius 3 is 2.72 bits per heavy atom. The third kappa shape index (κ3) is 6.38. The van der Waals surface area contributed by atoms with Crippen LogP contribution in [0.25, 0.3) is 0 Å². The number of imide groups is 1. The number of ether oxygens (including phenoxy) is 2. The minimum atomic E-state index is -0.726. The summed E-state index contributed by atoms with van der Waals surface area (Å²) in [5.74, 6) is -0.140. The zero-order valence-corrected chi connectivity index (χ0v) is 13.6. The number of hydrogen-bond acceptors (Lipinski definition) is 6. The van der Waals surface area contributed by atoms with E-state index in [1.807, 2.05) is 0 Å². The predicted molar refractivity (Wildman–Crippen MR) is 86.7 cm³/mol. The van der Waals surface area contributed by atoms with Crippen LogP contribution in [0.1, 0.15) is 11.3 Å². The highest BCUT2D eigenvalue weighted by Gasteiger charge is 2.12. The lowest BCUT2D eigenvalue weighted by atomic mass is 10.1. The summed E-state index contributed by atoms with van der Waals surface area (Å²) in [5.41, 5.74) is 0.695. The molecule has 8 heteroatoms. The molecule has 0 aliphatic carbocycles. The van der Waals surface area contributed by atoms with Crippen LogP contribution < -0.4 is 15.4 Å². The molecule has 0 aliphatic heterocycles. The monoisotopic (exact) mass is 346 g/mol. The minimum absolute atomic E-state index is 0.00479. The highest BCUT2D eigenvalue weighted by atomic mass is 16.5. The first-order valence-electron chi connectivity index (χ1n) is 7.45. The maximum absolute atomic E-state index is 11.7. The quantitative estimate of drug-likeness (QED) is 0.734. The standard InChI is InChI=1S/C17H18N2O6/c1-23-13-5-2-4-12(8-13)9-16(21)25-11-15(20)19-17(22)18-10-14-6-3-7-24-14/h2-8H,9-11H2,1H3,(H2,18,19,20,22). The van der Waals surface area contributed by atoms with E-state index < -0.39 is 24.5 Å². The van der Waals surface area contributed by atoms with Crippen molar-refractivity contribution in [3.8, 4) is 5.75 Å². The summed E-state index contributed by atoms with van der Waals surface area (Å²) in [6.07, 6.45) is 1.47. The second-order valence-corrected chi connectivity index (χ2v) is 5.00. The number of carbonyl (C=O) groups excluding carboxylic acids is 3. The first-order valence-corrected chi connectivity index (χ1v) is 7.45. The number of esters is 1. The van der Waals surface area contributed by atoms with Crippen LogP contribution in [0.15, 0.2) is 47.1 Å². The van der Waals surface area contributed by atoms with E-state index in [1.54, 1.807) is 36.4 Å². The Morgan fingerprint density at radius 1 is 1.16 bits per heavy atom. The lowest BCUT2D eigenvalue weighted by Crippen LogP contribution is -2.41. The van der Waals surface area contributed by atoms with Crippen LogP contribution in [-0.2, 0) is 27.3 Å². The zero-order valence-electron chi connectivity index (χ0n) is 13.6. The molecule has 3 amide bonds. The second kappa shape index (κ2) is 9.11. The van der Waals surface area contributed by atoms with Crippen LogP contribution in [0.5, 0.6) is 5.75 Å². The van der Waals surface area contributed by atoms with Crippen molar-refractivity contribution in [2.24, 2.45) is 0 Å². The average Bonchev–Trinajstić information content (AvgIpc) is 3.12. The molecule has 0 fully saturated rings. The highest BCUT2D eigenvalue weighted by Crippen LogP contribution is 2.13. The largest absolute Gasteiger partial charge is 0.497 e. The molecule has 0 aliphatic rings. The van der Waals surface area contributed by atoms with E-state index in [1.165, 1.54) is 13.4 Å². The summed E-state index contributed by atoms with van der Waals surface area (Å²) in [6.45, 7) is -0.404. The summed E-state index contributed by atoms with van der Waals surface area (Å²) < 4.78 is 14.9. The molecule has 132 valence electrons. The maximum atomic E-state index is 11.7. The molecule has 1 heterocycles. The molecule has 1 aromatic carbocycles. The fourth-order valence-electron chi connectivity index (χ4n) is 1.93. The number of amides is 3. The molecule has 2 rings (SSSR count). The molecule has 0 saturated heterocycles. The lowest BCUT2D eigenvalue weighted by molar-refractivity contribution is -0.147. The number of nitrogens with one attached hydrogen (secondary N) is 2. The van der Waals surface area contributed by atoms with Crippen LogP contribution in [0.4, 0.5) is 4.79 Å². The molecule has 8 nitrogen and oxygen atoms in total. The molecule has 0 radical (unpaired) electrons. The SMILES string of the molecule is COc1cccc(CC(=O)OCC(=O)NC(=O)NCc2ccco2)c1. The van der Waals surface area contributed by atoms with Crippen LogP contribution in [0.2, 0.25) is 0 Å². The number of hydrogen-bond donors (Lipinski definition) is 2. The maximum Gasteiger partial charge on any atom is 0.321 e. The van der Waals surface area contributed by atoms with Crippen molar-refractivity contribution in [2.75, 3.05) is 13.7 Å². The molecule has 0 atom stereocenters. The first kappa shape index (κ1) is 18.1. The van der Waals surface area contributed by atoms with Gasteiger partial charge in [-0.25, -0.2) is 4.79 Å². The van der Waals surface area contributed by atoms with Crippen molar-refractivity contribution in [2.45, 2.75) is 13.0 Å². The number of rotatable bonds is 7. The van der Waals surface area contributed by atoms with Crippen LogP contribution in [0, 0.1) is 0 Å². The van der Waals surface area contributed by atoms with Crippen molar-refractivity contribution < 1.29 is 28.3 Å². The number of carbonyl (C=O) groups is 3. The molecule has 2 N–H and O–H groups in total. The van der Waals surface area contributed by atoms with Crippen molar-refractivity contribution in [3.63, 3.8) is 0 Å². The fourth-order valence-corrected chi connectivity index (χ4v) is 1.93. The molecule has 1 aromatic heterocycles. The number of urea groups is 1. The summed E-state index contributed by atoms with van der Waals surface area (Å²) in [7, 11) is 1.53. The summed E-state index contributed by atoms with van der Waals surface area (Å²) in [5, 5.41) is 4.49. The third-order valence-electron chi connectivity index (χ3n) is 3.10. The molecule has 0 spiro atoms. The Morgan fingerprint density at radius 2 is 2.00 bits per heavy atom. The van der Waals surface area contributed by atoms with Gasteiger partial charge in [-0.05, 0) is 29.8 Å². The number of furan rings is 1. The fraction of sp³-hybridized carbons (Fsp3) is 0.235. The smallest absolute Gasteiger partial charge is 0.321 e. The van der Waals surface area contributed by atoms with Gasteiger partial charge in [0.2, 0.25) is 0 Å². The van der Waals surface area contributed by atoms with E-state index in [-0.39, 0.29) is 13.0 Å². The zero-order chi connectivity index (χ0) is 18.1. The Labute approximate surface area is 144 Å². The predicted octanol–water partition coefficient (Wildman–Crippen LogP) is 1.40. The van der Waals surface area contributed by atoms with E-state index in [9.17, 15) is 14.4 Å². The van der Waals surface area contributed by atoms with E-state index in [0.29, 0.717) is 17.1 Å². The van der Waals surface area contributed by atoms with Gasteiger partial charge in [-0.15, -0.1) is 0 Å². The van der Waals surface area contributed by atoms with Crippen molar-refractivity contribution in [1.29, 1.82) is 0 Å².